The fourth-order valence-corrected chi connectivity index (χ4v) is 4.24. The maximum Gasteiger partial charge on any atom is 0.338 e. The average molecular weight is 498 g/mol. The molecule has 1 aliphatic rings. The Morgan fingerprint density at radius 3 is 2.31 bits per heavy atom. The fourth-order valence-electron chi connectivity index (χ4n) is 4.24. The second-order valence-electron chi connectivity index (χ2n) is 8.94. The molecule has 9 nitrogen and oxygen atoms in total. The van der Waals surface area contributed by atoms with Crippen LogP contribution in [-0.2, 0) is 16.0 Å². The van der Waals surface area contributed by atoms with Crippen molar-refractivity contribution < 1.29 is 28.6 Å². The molecule has 1 atom stereocenters. The Morgan fingerprint density at radius 2 is 1.69 bits per heavy atom. The highest BCUT2D eigenvalue weighted by atomic mass is 16.5. The Hall–Kier alpha value is -3.75. The molecule has 9 heteroatoms. The molecule has 2 aromatic carbocycles. The largest absolute Gasteiger partial charge is 0.493 e. The number of methoxy groups -OCH3 is 2. The van der Waals surface area contributed by atoms with Crippen LogP contribution in [0.4, 0.5) is 10.5 Å². The van der Waals surface area contributed by atoms with Crippen LogP contribution in [0.2, 0.25) is 0 Å². The number of carbonyl (C=O) groups is 3. The minimum absolute atomic E-state index is 0.00230. The highest BCUT2D eigenvalue weighted by Crippen LogP contribution is 2.28. The van der Waals surface area contributed by atoms with Crippen molar-refractivity contribution >= 4 is 23.6 Å². The number of nitrogens with zero attached hydrogens (tertiary/aromatic N) is 2. The number of rotatable bonds is 8. The quantitative estimate of drug-likeness (QED) is 0.557. The smallest absolute Gasteiger partial charge is 0.338 e. The molecule has 0 aliphatic carbocycles. The Balaban J connectivity index is 1.63. The number of hydrogen-bond donors (Lipinski definition) is 1. The standard InChI is InChI=1S/C27H35N3O6/c1-6-36-26(32)20-8-10-21(11-9-20)28-27(33)30-14-13-29(17-22(30)18(2)3)25(31)16-19-7-12-23(34-4)24(15-19)35-5/h7-12,15,18,22H,6,13-14,16-17H2,1-5H3,(H,28,33). The second-order valence-corrected chi connectivity index (χ2v) is 8.94. The lowest BCUT2D eigenvalue weighted by atomic mass is 9.99. The third-order valence-electron chi connectivity index (χ3n) is 6.25. The zero-order valence-corrected chi connectivity index (χ0v) is 21.6. The first kappa shape index (κ1) is 26.8. The summed E-state index contributed by atoms with van der Waals surface area (Å²) in [5.74, 6) is 0.952. The van der Waals surface area contributed by atoms with Gasteiger partial charge >= 0.3 is 12.0 Å². The summed E-state index contributed by atoms with van der Waals surface area (Å²) >= 11 is 0. The second kappa shape index (κ2) is 12.3. The number of nitrogens with one attached hydrogen (secondary N) is 1. The average Bonchev–Trinajstić information content (AvgIpc) is 2.88. The monoisotopic (exact) mass is 497 g/mol. The maximum atomic E-state index is 13.1. The first-order chi connectivity index (χ1) is 17.3. The van der Waals surface area contributed by atoms with Crippen molar-refractivity contribution in [3.8, 4) is 11.5 Å². The van der Waals surface area contributed by atoms with E-state index in [0.29, 0.717) is 49.0 Å². The molecular formula is C27H35N3O6. The van der Waals surface area contributed by atoms with Crippen LogP contribution >= 0.6 is 0 Å². The van der Waals surface area contributed by atoms with Gasteiger partial charge in [-0.2, -0.15) is 0 Å². The predicted octanol–water partition coefficient (Wildman–Crippen LogP) is 3.82. The van der Waals surface area contributed by atoms with Gasteiger partial charge < -0.3 is 29.3 Å². The number of esters is 1. The van der Waals surface area contributed by atoms with Crippen molar-refractivity contribution in [2.45, 2.75) is 33.2 Å². The van der Waals surface area contributed by atoms with Gasteiger partial charge in [0.1, 0.15) is 0 Å². The molecule has 1 fully saturated rings. The van der Waals surface area contributed by atoms with Crippen LogP contribution in [-0.4, -0.2) is 74.2 Å². The minimum atomic E-state index is -0.399. The molecule has 1 unspecified atom stereocenters. The summed E-state index contributed by atoms with van der Waals surface area (Å²) in [6.07, 6.45) is 0.240. The Kier molecular flexibility index (Phi) is 9.16. The van der Waals surface area contributed by atoms with E-state index in [1.807, 2.05) is 30.9 Å². The molecule has 0 spiro atoms. The molecule has 2 aromatic rings. The first-order valence-electron chi connectivity index (χ1n) is 12.1. The van der Waals surface area contributed by atoms with Crippen LogP contribution < -0.4 is 14.8 Å². The summed E-state index contributed by atoms with van der Waals surface area (Å²) in [5, 5.41) is 2.91. The van der Waals surface area contributed by atoms with E-state index < -0.39 is 5.97 Å². The van der Waals surface area contributed by atoms with Gasteiger partial charge in [0.15, 0.2) is 11.5 Å². The third kappa shape index (κ3) is 6.47. The molecule has 0 saturated carbocycles. The van der Waals surface area contributed by atoms with E-state index in [9.17, 15) is 14.4 Å². The number of amides is 3. The normalized spacial score (nSPS) is 15.4. The molecule has 0 bridgehead atoms. The number of carbonyl (C=O) groups excluding carboxylic acids is 3. The SMILES string of the molecule is CCOC(=O)c1ccc(NC(=O)N2CCN(C(=O)Cc3ccc(OC)c(OC)c3)CC2C(C)C)cc1. The lowest BCUT2D eigenvalue weighted by molar-refractivity contribution is -0.133. The van der Waals surface area contributed by atoms with Gasteiger partial charge in [0.25, 0.3) is 0 Å². The van der Waals surface area contributed by atoms with Gasteiger partial charge in [-0.05, 0) is 54.8 Å². The first-order valence-corrected chi connectivity index (χ1v) is 12.1. The third-order valence-corrected chi connectivity index (χ3v) is 6.25. The summed E-state index contributed by atoms with van der Waals surface area (Å²) in [6, 6.07) is 11.7. The number of benzene rings is 2. The van der Waals surface area contributed by atoms with Gasteiger partial charge in [0.2, 0.25) is 5.91 Å². The van der Waals surface area contributed by atoms with Crippen molar-refractivity contribution in [2.24, 2.45) is 5.92 Å². The van der Waals surface area contributed by atoms with Crippen LogP contribution in [0.3, 0.4) is 0 Å². The summed E-state index contributed by atoms with van der Waals surface area (Å²) in [5.41, 5.74) is 1.85. The Morgan fingerprint density at radius 1 is 1.00 bits per heavy atom. The molecule has 0 aromatic heterocycles. The lowest BCUT2D eigenvalue weighted by Gasteiger charge is -2.43. The maximum absolute atomic E-state index is 13.1. The van der Waals surface area contributed by atoms with Crippen LogP contribution in [0.15, 0.2) is 42.5 Å². The van der Waals surface area contributed by atoms with Gasteiger partial charge in [-0.15, -0.1) is 0 Å². The van der Waals surface area contributed by atoms with Crippen LogP contribution in [0, 0.1) is 5.92 Å². The van der Waals surface area contributed by atoms with Crippen LogP contribution in [0.5, 0.6) is 11.5 Å². The molecule has 1 N–H and O–H groups in total. The van der Waals surface area contributed by atoms with Crippen molar-refractivity contribution in [3.63, 3.8) is 0 Å². The summed E-state index contributed by atoms with van der Waals surface area (Å²) in [4.78, 5) is 41.6. The Labute approximate surface area is 212 Å². The molecule has 0 radical (unpaired) electrons. The van der Waals surface area contributed by atoms with Crippen molar-refractivity contribution in [1.82, 2.24) is 9.80 Å². The molecule has 36 heavy (non-hydrogen) atoms. The van der Waals surface area contributed by atoms with E-state index in [-0.39, 0.29) is 30.3 Å². The van der Waals surface area contributed by atoms with Crippen molar-refractivity contribution in [3.05, 3.63) is 53.6 Å². The number of piperazine rings is 1. The summed E-state index contributed by atoms with van der Waals surface area (Å²) in [7, 11) is 3.14. The van der Waals surface area contributed by atoms with E-state index in [2.05, 4.69) is 5.32 Å². The molecule has 3 amide bonds. The highest BCUT2D eigenvalue weighted by Gasteiger charge is 2.34. The molecule has 3 rings (SSSR count). The van der Waals surface area contributed by atoms with Crippen molar-refractivity contribution in [1.29, 1.82) is 0 Å². The van der Waals surface area contributed by atoms with Gasteiger partial charge in [0, 0.05) is 25.3 Å². The molecular weight excluding hydrogens is 462 g/mol. The number of anilines is 1. The number of urea groups is 1. The van der Waals surface area contributed by atoms with E-state index in [4.69, 9.17) is 14.2 Å². The zero-order chi connectivity index (χ0) is 26.2. The molecule has 1 heterocycles. The number of ether oxygens (including phenoxy) is 3. The van der Waals surface area contributed by atoms with Gasteiger partial charge in [-0.25, -0.2) is 9.59 Å². The number of hydrogen-bond acceptors (Lipinski definition) is 6. The molecule has 1 aliphatic heterocycles. The fraction of sp³-hybridized carbons (Fsp3) is 0.444. The van der Waals surface area contributed by atoms with Crippen molar-refractivity contribution in [2.75, 3.05) is 45.8 Å². The van der Waals surface area contributed by atoms with Gasteiger partial charge in [-0.3, -0.25) is 4.79 Å². The summed E-state index contributed by atoms with van der Waals surface area (Å²) < 4.78 is 15.6. The zero-order valence-electron chi connectivity index (χ0n) is 21.6. The predicted molar refractivity (Wildman–Crippen MR) is 137 cm³/mol. The van der Waals surface area contributed by atoms with E-state index >= 15 is 0 Å². The van der Waals surface area contributed by atoms with Gasteiger partial charge in [0.05, 0.1) is 38.9 Å². The van der Waals surface area contributed by atoms with Gasteiger partial charge in [-0.1, -0.05) is 19.9 Å². The van der Waals surface area contributed by atoms with E-state index in [1.54, 1.807) is 56.4 Å². The van der Waals surface area contributed by atoms with E-state index in [0.717, 1.165) is 5.56 Å². The Bertz CT molecular complexity index is 1070. The van der Waals surface area contributed by atoms with E-state index in [1.165, 1.54) is 0 Å². The summed E-state index contributed by atoms with van der Waals surface area (Å²) in [6.45, 7) is 7.47. The van der Waals surface area contributed by atoms with Crippen LogP contribution in [0.25, 0.3) is 0 Å². The topological polar surface area (TPSA) is 97.4 Å². The lowest BCUT2D eigenvalue weighted by Crippen LogP contribution is -2.59. The minimum Gasteiger partial charge on any atom is -0.493 e. The highest BCUT2D eigenvalue weighted by molar-refractivity contribution is 5.92. The van der Waals surface area contributed by atoms with Crippen LogP contribution in [0.1, 0.15) is 36.7 Å². The molecule has 194 valence electrons. The molecule has 1 saturated heterocycles.